The second-order valence-corrected chi connectivity index (χ2v) is 6.11. The van der Waals surface area contributed by atoms with Crippen molar-refractivity contribution in [2.75, 3.05) is 32.7 Å². The van der Waals surface area contributed by atoms with Crippen LogP contribution in [0.15, 0.2) is 0 Å². The number of hydrogen-bond donors (Lipinski definition) is 2. The molecule has 0 saturated carbocycles. The molecule has 0 rings (SSSR count). The van der Waals surface area contributed by atoms with Crippen molar-refractivity contribution < 1.29 is 4.79 Å². The van der Waals surface area contributed by atoms with Gasteiger partial charge in [0, 0.05) is 44.2 Å². The summed E-state index contributed by atoms with van der Waals surface area (Å²) in [7, 11) is 0. The molecule has 2 N–H and O–H groups in total. The molecule has 4 nitrogen and oxygen atoms in total. The molecule has 0 aromatic rings. The van der Waals surface area contributed by atoms with Crippen molar-refractivity contribution in [3.8, 4) is 0 Å². The van der Waals surface area contributed by atoms with Crippen LogP contribution in [0.5, 0.6) is 0 Å². The molecule has 0 heterocycles. The monoisotopic (exact) mass is 271 g/mol. The van der Waals surface area contributed by atoms with Gasteiger partial charge in [-0.2, -0.15) is 0 Å². The van der Waals surface area contributed by atoms with Crippen LogP contribution in [0.2, 0.25) is 0 Å². The normalized spacial score (nSPS) is 12.1. The van der Waals surface area contributed by atoms with Crippen LogP contribution in [-0.2, 0) is 4.79 Å². The van der Waals surface area contributed by atoms with Crippen molar-refractivity contribution in [1.82, 2.24) is 15.5 Å². The minimum absolute atomic E-state index is 0.124. The van der Waals surface area contributed by atoms with Gasteiger partial charge in [0.05, 0.1) is 6.54 Å². The lowest BCUT2D eigenvalue weighted by Crippen LogP contribution is -2.42. The van der Waals surface area contributed by atoms with Gasteiger partial charge in [-0.05, 0) is 0 Å². The zero-order valence-electron chi connectivity index (χ0n) is 13.6. The number of nitrogens with zero attached hydrogens (tertiary/aromatic N) is 1. The van der Waals surface area contributed by atoms with E-state index >= 15 is 0 Å². The van der Waals surface area contributed by atoms with Crippen LogP contribution in [0.25, 0.3) is 0 Å². The molecule has 19 heavy (non-hydrogen) atoms. The number of ketones is 1. The first-order valence-electron chi connectivity index (χ1n) is 7.54. The molecule has 114 valence electrons. The van der Waals surface area contributed by atoms with Gasteiger partial charge in [-0.25, -0.2) is 0 Å². The fraction of sp³-hybridized carbons (Fsp3) is 0.933. The number of rotatable bonds is 11. The molecule has 0 saturated heterocycles. The maximum absolute atomic E-state index is 11.9. The Kier molecular flexibility index (Phi) is 10.1. The summed E-state index contributed by atoms with van der Waals surface area (Å²) in [6, 6.07) is 0.993. The highest BCUT2D eigenvalue weighted by Crippen LogP contribution is 1.98. The smallest absolute Gasteiger partial charge is 0.149 e. The van der Waals surface area contributed by atoms with Crippen molar-refractivity contribution in [1.29, 1.82) is 0 Å². The van der Waals surface area contributed by atoms with Crippen molar-refractivity contribution >= 4 is 5.78 Å². The summed E-state index contributed by atoms with van der Waals surface area (Å²) in [6.07, 6.45) is 0. The molecule has 0 aliphatic rings. The first kappa shape index (κ1) is 18.6. The third-order valence-corrected chi connectivity index (χ3v) is 2.98. The molecule has 0 amide bonds. The van der Waals surface area contributed by atoms with E-state index in [0.717, 1.165) is 26.2 Å². The van der Waals surface area contributed by atoms with Gasteiger partial charge in [0.15, 0.2) is 0 Å². The Morgan fingerprint density at radius 1 is 0.895 bits per heavy atom. The molecule has 0 aromatic heterocycles. The van der Waals surface area contributed by atoms with Crippen molar-refractivity contribution in [3.05, 3.63) is 0 Å². The number of carbonyl (C=O) groups is 1. The lowest BCUT2D eigenvalue weighted by atomic mass is 10.1. The van der Waals surface area contributed by atoms with E-state index in [1.54, 1.807) is 0 Å². The maximum Gasteiger partial charge on any atom is 0.149 e. The van der Waals surface area contributed by atoms with Gasteiger partial charge in [0.2, 0.25) is 0 Å². The quantitative estimate of drug-likeness (QED) is 0.598. The topological polar surface area (TPSA) is 44.4 Å². The van der Waals surface area contributed by atoms with Gasteiger partial charge in [-0.15, -0.1) is 0 Å². The van der Waals surface area contributed by atoms with Crippen molar-refractivity contribution in [2.45, 2.75) is 53.6 Å². The van der Waals surface area contributed by atoms with Gasteiger partial charge in [-0.1, -0.05) is 41.5 Å². The van der Waals surface area contributed by atoms with Crippen LogP contribution in [0.4, 0.5) is 0 Å². The molecule has 0 aliphatic carbocycles. The minimum atomic E-state index is 0.124. The largest absolute Gasteiger partial charge is 0.313 e. The highest BCUT2D eigenvalue weighted by Gasteiger charge is 2.13. The summed E-state index contributed by atoms with van der Waals surface area (Å²) < 4.78 is 0. The van der Waals surface area contributed by atoms with E-state index in [9.17, 15) is 4.79 Å². The number of hydrogen-bond acceptors (Lipinski definition) is 4. The van der Waals surface area contributed by atoms with Crippen LogP contribution in [0.1, 0.15) is 41.5 Å². The Labute approximate surface area is 119 Å². The van der Waals surface area contributed by atoms with Gasteiger partial charge in [0.25, 0.3) is 0 Å². The molecule has 0 aromatic carbocycles. The van der Waals surface area contributed by atoms with E-state index in [4.69, 9.17) is 0 Å². The van der Waals surface area contributed by atoms with Crippen LogP contribution < -0.4 is 10.6 Å². The molecule has 0 radical (unpaired) electrons. The third kappa shape index (κ3) is 11.1. The second kappa shape index (κ2) is 10.4. The van der Waals surface area contributed by atoms with Gasteiger partial charge in [-0.3, -0.25) is 9.69 Å². The highest BCUT2D eigenvalue weighted by molar-refractivity contribution is 5.82. The summed E-state index contributed by atoms with van der Waals surface area (Å²) in [5.74, 6) is 0.452. The summed E-state index contributed by atoms with van der Waals surface area (Å²) in [5.41, 5.74) is 0. The molecule has 0 bridgehead atoms. The number of carbonyl (C=O) groups excluding carboxylic acids is 1. The Morgan fingerprint density at radius 2 is 1.32 bits per heavy atom. The minimum Gasteiger partial charge on any atom is -0.313 e. The van der Waals surface area contributed by atoms with Crippen LogP contribution >= 0.6 is 0 Å². The molecule has 0 spiro atoms. The van der Waals surface area contributed by atoms with Gasteiger partial charge < -0.3 is 10.6 Å². The predicted octanol–water partition coefficient (Wildman–Crippen LogP) is 1.51. The van der Waals surface area contributed by atoms with E-state index in [1.807, 2.05) is 13.8 Å². The third-order valence-electron chi connectivity index (χ3n) is 2.98. The van der Waals surface area contributed by atoms with E-state index in [2.05, 4.69) is 43.2 Å². The molecular formula is C15H33N3O. The first-order chi connectivity index (χ1) is 8.82. The summed E-state index contributed by atoms with van der Waals surface area (Å²) in [4.78, 5) is 14.1. The van der Waals surface area contributed by atoms with Crippen molar-refractivity contribution in [2.24, 2.45) is 5.92 Å². The molecule has 4 heteroatoms. The molecule has 0 unspecified atom stereocenters. The summed E-state index contributed by atoms with van der Waals surface area (Å²) >= 11 is 0. The highest BCUT2D eigenvalue weighted by atomic mass is 16.1. The van der Waals surface area contributed by atoms with Crippen LogP contribution in [0.3, 0.4) is 0 Å². The van der Waals surface area contributed by atoms with E-state index in [0.29, 0.717) is 24.4 Å². The first-order valence-corrected chi connectivity index (χ1v) is 7.54. The van der Waals surface area contributed by atoms with E-state index < -0.39 is 0 Å². The van der Waals surface area contributed by atoms with E-state index in [-0.39, 0.29) is 5.92 Å². The van der Waals surface area contributed by atoms with Crippen LogP contribution in [-0.4, -0.2) is 55.5 Å². The summed E-state index contributed by atoms with van der Waals surface area (Å²) in [6.45, 7) is 16.8. The standard InChI is InChI=1S/C15H33N3O/c1-12(2)15(19)11-18(9-7-16-13(3)4)10-8-17-14(5)6/h12-14,16-17H,7-11H2,1-6H3. The Bertz CT molecular complexity index is 226. The van der Waals surface area contributed by atoms with Gasteiger partial charge in [0.1, 0.15) is 5.78 Å². The molecular weight excluding hydrogens is 238 g/mol. The van der Waals surface area contributed by atoms with E-state index in [1.165, 1.54) is 0 Å². The number of Topliss-reactive ketones (excluding diaryl/α,β-unsaturated/α-hetero) is 1. The Hall–Kier alpha value is -0.450. The average Bonchev–Trinajstić information content (AvgIpc) is 2.27. The Morgan fingerprint density at radius 3 is 1.63 bits per heavy atom. The van der Waals surface area contributed by atoms with Gasteiger partial charge >= 0.3 is 0 Å². The maximum atomic E-state index is 11.9. The lowest BCUT2D eigenvalue weighted by molar-refractivity contribution is -0.123. The zero-order valence-corrected chi connectivity index (χ0v) is 13.6. The zero-order chi connectivity index (χ0) is 14.8. The Balaban J connectivity index is 4.10. The number of nitrogens with one attached hydrogen (secondary N) is 2. The predicted molar refractivity (Wildman–Crippen MR) is 82.6 cm³/mol. The fourth-order valence-electron chi connectivity index (χ4n) is 1.70. The second-order valence-electron chi connectivity index (χ2n) is 6.11. The molecule has 0 fully saturated rings. The van der Waals surface area contributed by atoms with Crippen molar-refractivity contribution in [3.63, 3.8) is 0 Å². The average molecular weight is 271 g/mol. The summed E-state index contributed by atoms with van der Waals surface area (Å²) in [5, 5.41) is 6.81. The lowest BCUT2D eigenvalue weighted by Gasteiger charge is -2.24. The van der Waals surface area contributed by atoms with Crippen LogP contribution in [0, 0.1) is 5.92 Å². The molecule has 0 atom stereocenters. The SMILES string of the molecule is CC(C)NCCN(CCNC(C)C)CC(=O)C(C)C. The fourth-order valence-corrected chi connectivity index (χ4v) is 1.70. The molecule has 0 aliphatic heterocycles.